The Balaban J connectivity index is 1.72. The fourth-order valence-corrected chi connectivity index (χ4v) is 3.73. The summed E-state index contributed by atoms with van der Waals surface area (Å²) < 4.78 is 56.9. The number of nitrogens with one attached hydrogen (secondary N) is 1. The summed E-state index contributed by atoms with van der Waals surface area (Å²) in [6, 6.07) is 13.6. The topological polar surface area (TPSA) is 77.1 Å². The zero-order valence-electron chi connectivity index (χ0n) is 22.9. The first-order chi connectivity index (χ1) is 18.9. The van der Waals surface area contributed by atoms with Gasteiger partial charge >= 0.3 is 6.09 Å². The molecule has 0 fully saturated rings. The number of benzene rings is 3. The van der Waals surface area contributed by atoms with Crippen molar-refractivity contribution < 1.29 is 37.0 Å². The molecule has 214 valence electrons. The van der Waals surface area contributed by atoms with Crippen LogP contribution >= 0.6 is 0 Å². The lowest BCUT2D eigenvalue weighted by atomic mass is 10.1. The highest BCUT2D eigenvalue weighted by Gasteiger charge is 2.20. The van der Waals surface area contributed by atoms with E-state index in [1.54, 1.807) is 43.9 Å². The van der Waals surface area contributed by atoms with Gasteiger partial charge in [-0.25, -0.2) is 18.0 Å². The third-order valence-electron chi connectivity index (χ3n) is 5.66. The van der Waals surface area contributed by atoms with E-state index in [2.05, 4.69) is 5.32 Å². The molecule has 0 spiro atoms. The van der Waals surface area contributed by atoms with Crippen LogP contribution in [0.1, 0.15) is 48.7 Å². The monoisotopic (exact) mass is 558 g/mol. The smallest absolute Gasteiger partial charge is 0.407 e. The van der Waals surface area contributed by atoms with Gasteiger partial charge in [-0.1, -0.05) is 12.1 Å². The second-order valence-electron chi connectivity index (χ2n) is 10.0. The molecule has 2 amide bonds. The van der Waals surface area contributed by atoms with E-state index in [9.17, 15) is 22.8 Å². The average molecular weight is 559 g/mol. The maximum atomic E-state index is 14.0. The Morgan fingerprint density at radius 1 is 0.900 bits per heavy atom. The second-order valence-corrected chi connectivity index (χ2v) is 10.0. The minimum atomic E-state index is -0.733. The number of nitrogens with zero attached hydrogens (tertiary/aromatic N) is 1. The van der Waals surface area contributed by atoms with Crippen molar-refractivity contribution in [2.45, 2.75) is 45.9 Å². The quantitative estimate of drug-likeness (QED) is 0.282. The molecular formula is C30H33F3N2O5. The molecule has 3 aromatic carbocycles. The van der Waals surface area contributed by atoms with Crippen molar-refractivity contribution >= 4 is 12.0 Å². The minimum Gasteiger partial charge on any atom is -0.493 e. The van der Waals surface area contributed by atoms with Crippen LogP contribution in [0.5, 0.6) is 11.5 Å². The zero-order valence-corrected chi connectivity index (χ0v) is 22.9. The molecule has 0 saturated heterocycles. The standard InChI is InChI=1S/C30H33F3N2O5/c1-30(2,3)40-29(37)34-14-5-15-35(18-20-6-10-23(31)11-7-20)28(36)21-9-13-26(27(16-21)38-4)39-19-22-8-12-24(32)17-25(22)33/h6-13,16-17H,5,14-15,18-19H2,1-4H3,(H,34,37). The molecule has 7 nitrogen and oxygen atoms in total. The summed E-state index contributed by atoms with van der Waals surface area (Å²) in [6.07, 6.45) is -0.113. The second kappa shape index (κ2) is 13.7. The molecule has 3 aromatic rings. The largest absolute Gasteiger partial charge is 0.493 e. The van der Waals surface area contributed by atoms with Crippen LogP contribution in [0.25, 0.3) is 0 Å². The molecule has 0 aromatic heterocycles. The van der Waals surface area contributed by atoms with E-state index in [1.165, 1.54) is 37.4 Å². The first-order valence-electron chi connectivity index (χ1n) is 12.7. The Hall–Kier alpha value is -4.21. The predicted octanol–water partition coefficient (Wildman–Crippen LogP) is 6.25. The Kier molecular flexibility index (Phi) is 10.4. The fraction of sp³-hybridized carbons (Fsp3) is 0.333. The third-order valence-corrected chi connectivity index (χ3v) is 5.66. The van der Waals surface area contributed by atoms with E-state index < -0.39 is 23.3 Å². The van der Waals surface area contributed by atoms with E-state index in [1.807, 2.05) is 0 Å². The number of ether oxygens (including phenoxy) is 3. The van der Waals surface area contributed by atoms with Crippen molar-refractivity contribution in [3.8, 4) is 11.5 Å². The van der Waals surface area contributed by atoms with Crippen LogP contribution in [-0.2, 0) is 17.9 Å². The van der Waals surface area contributed by atoms with Gasteiger partial charge in [0, 0.05) is 36.8 Å². The molecule has 0 saturated carbocycles. The number of carbonyl (C=O) groups is 2. The number of hydrogen-bond donors (Lipinski definition) is 1. The van der Waals surface area contributed by atoms with Gasteiger partial charge in [0.2, 0.25) is 0 Å². The molecule has 0 aliphatic rings. The van der Waals surface area contributed by atoms with Crippen LogP contribution in [0.15, 0.2) is 60.7 Å². The van der Waals surface area contributed by atoms with Crippen LogP contribution in [0.2, 0.25) is 0 Å². The van der Waals surface area contributed by atoms with E-state index >= 15 is 0 Å². The molecule has 0 unspecified atom stereocenters. The molecule has 0 bridgehead atoms. The number of halogens is 3. The number of carbonyl (C=O) groups excluding carboxylic acids is 2. The van der Waals surface area contributed by atoms with Crippen LogP contribution in [0, 0.1) is 17.5 Å². The molecular weight excluding hydrogens is 525 g/mol. The SMILES string of the molecule is COc1cc(C(=O)N(CCCNC(=O)OC(C)(C)C)Cc2ccc(F)cc2)ccc1OCc1ccc(F)cc1F. The lowest BCUT2D eigenvalue weighted by Crippen LogP contribution is -2.36. The van der Waals surface area contributed by atoms with E-state index in [-0.39, 0.29) is 55.0 Å². The molecule has 10 heteroatoms. The molecule has 0 radical (unpaired) electrons. The van der Waals surface area contributed by atoms with E-state index in [0.717, 1.165) is 17.7 Å². The third kappa shape index (κ3) is 9.21. The number of rotatable bonds is 11. The number of alkyl carbamates (subject to hydrolysis) is 1. The maximum Gasteiger partial charge on any atom is 0.407 e. The maximum absolute atomic E-state index is 14.0. The molecule has 1 N–H and O–H groups in total. The molecule has 0 heterocycles. The molecule has 0 aliphatic carbocycles. The normalized spacial score (nSPS) is 11.1. The summed E-state index contributed by atoms with van der Waals surface area (Å²) >= 11 is 0. The predicted molar refractivity (Wildman–Crippen MR) is 144 cm³/mol. The molecule has 3 rings (SSSR count). The Morgan fingerprint density at radius 3 is 2.25 bits per heavy atom. The number of amides is 2. The van der Waals surface area contributed by atoms with Gasteiger partial charge in [0.25, 0.3) is 5.91 Å². The van der Waals surface area contributed by atoms with E-state index in [4.69, 9.17) is 14.2 Å². The van der Waals surface area contributed by atoms with Crippen molar-refractivity contribution in [2.24, 2.45) is 0 Å². The zero-order chi connectivity index (χ0) is 29.3. The lowest BCUT2D eigenvalue weighted by molar-refractivity contribution is 0.0525. The highest BCUT2D eigenvalue weighted by molar-refractivity contribution is 5.95. The highest BCUT2D eigenvalue weighted by Crippen LogP contribution is 2.30. The van der Waals surface area contributed by atoms with Crippen LogP contribution in [0.4, 0.5) is 18.0 Å². The summed E-state index contributed by atoms with van der Waals surface area (Å²) in [4.78, 5) is 27.1. The molecule has 40 heavy (non-hydrogen) atoms. The summed E-state index contributed by atoms with van der Waals surface area (Å²) in [7, 11) is 1.41. The highest BCUT2D eigenvalue weighted by atomic mass is 19.1. The van der Waals surface area contributed by atoms with Gasteiger partial charge in [0.1, 0.15) is 29.7 Å². The van der Waals surface area contributed by atoms with Gasteiger partial charge in [-0.15, -0.1) is 0 Å². The Bertz CT molecular complexity index is 1310. The van der Waals surface area contributed by atoms with Crippen molar-refractivity contribution in [1.82, 2.24) is 10.2 Å². The summed E-state index contributed by atoms with van der Waals surface area (Å²) in [5.41, 5.74) is 0.563. The van der Waals surface area contributed by atoms with Crippen LogP contribution in [-0.4, -0.2) is 42.7 Å². The summed E-state index contributed by atoms with van der Waals surface area (Å²) in [5, 5.41) is 2.67. The van der Waals surface area contributed by atoms with Crippen molar-refractivity contribution in [3.63, 3.8) is 0 Å². The Morgan fingerprint density at radius 2 is 1.60 bits per heavy atom. The van der Waals surface area contributed by atoms with Crippen molar-refractivity contribution in [3.05, 3.63) is 94.8 Å². The fourth-order valence-electron chi connectivity index (χ4n) is 3.73. The number of hydrogen-bond acceptors (Lipinski definition) is 5. The first kappa shape index (κ1) is 30.3. The summed E-state index contributed by atoms with van der Waals surface area (Å²) in [5.74, 6) is -1.60. The van der Waals surface area contributed by atoms with Gasteiger partial charge in [-0.05, 0) is 75.2 Å². The molecule has 0 atom stereocenters. The van der Waals surface area contributed by atoms with Gasteiger partial charge in [0.15, 0.2) is 11.5 Å². The van der Waals surface area contributed by atoms with Gasteiger partial charge in [-0.2, -0.15) is 0 Å². The van der Waals surface area contributed by atoms with Gasteiger partial charge < -0.3 is 24.4 Å². The minimum absolute atomic E-state index is 0.161. The van der Waals surface area contributed by atoms with Crippen LogP contribution in [0.3, 0.4) is 0 Å². The number of methoxy groups -OCH3 is 1. The van der Waals surface area contributed by atoms with Crippen molar-refractivity contribution in [1.29, 1.82) is 0 Å². The van der Waals surface area contributed by atoms with Gasteiger partial charge in [-0.3, -0.25) is 4.79 Å². The molecule has 0 aliphatic heterocycles. The summed E-state index contributed by atoms with van der Waals surface area (Å²) in [6.45, 7) is 5.89. The average Bonchev–Trinajstić information content (AvgIpc) is 2.89. The lowest BCUT2D eigenvalue weighted by Gasteiger charge is -2.24. The van der Waals surface area contributed by atoms with Crippen LogP contribution < -0.4 is 14.8 Å². The van der Waals surface area contributed by atoms with Gasteiger partial charge in [0.05, 0.1) is 7.11 Å². The van der Waals surface area contributed by atoms with Crippen molar-refractivity contribution in [2.75, 3.05) is 20.2 Å². The van der Waals surface area contributed by atoms with E-state index in [0.29, 0.717) is 12.0 Å². The Labute approximate surface area is 231 Å². The first-order valence-corrected chi connectivity index (χ1v) is 12.7.